The lowest BCUT2D eigenvalue weighted by Gasteiger charge is -2.59. The average Bonchev–Trinajstić information content (AvgIpc) is 0.736. The standard InChI is InChI=1S/C33H37O3S.C31H33O3S.C29H31O2S.C19H17S/c1-22-14-30(37(28-10-6-4-7-11-28)29-12-8-5-9-13-29)15-23(2)32(22)35-21-31(34)36-33(3)26-17-24-16-25(19-26)20-27(33)18-24;1-31(24-17-22-16-23(19-24)20-25(31)18-22)34-30(32)21-33-26-12-14-29(15-13-26)35(27-8-4-2-5-9-27)28-10-6-3-7-11-28;1-3-7-26(8-4-1)32(27-9-5-2-6-10-27)28-13-11-25(12-14-28)30-20-31-29-23-16-21-15-22(18-23)19-24(29)17-21;1-16-12-14-19(15-13-16)20(17-8-4-2-5-9-17)18-10-6-3-7-11-18/h4-15,24-27H,16-21H2,1-3H3;2-15,22-25H,16-21H2,1H3;1-14,21-24,29H,15-20H2;2-15H,1H3/q4*+1. The van der Waals surface area contributed by atoms with Gasteiger partial charge in [0.2, 0.25) is 0 Å². The zero-order valence-corrected chi connectivity index (χ0v) is 75.6. The normalized spacial score (nSPS) is 25.4. The number of carbonyl (C=O) groups excluding carboxylic acids is 2. The fourth-order valence-corrected chi connectivity index (χ4v) is 31.6. The van der Waals surface area contributed by atoms with Gasteiger partial charge >= 0.3 is 11.9 Å². The lowest BCUT2D eigenvalue weighted by Crippen LogP contribution is -2.58. The molecule has 0 amide bonds. The smallest absolute Gasteiger partial charge is 0.344 e. The van der Waals surface area contributed by atoms with Crippen molar-refractivity contribution in [2.75, 3.05) is 20.0 Å². The molecule has 0 saturated heterocycles. The summed E-state index contributed by atoms with van der Waals surface area (Å²) in [4.78, 5) is 41.5. The van der Waals surface area contributed by atoms with Crippen LogP contribution in [0.1, 0.15) is 127 Å². The lowest BCUT2D eigenvalue weighted by atomic mass is 9.50. The van der Waals surface area contributed by atoms with Gasteiger partial charge in [0.15, 0.2) is 78.8 Å². The number of esters is 2. The molecule has 0 N–H and O–H groups in total. The van der Waals surface area contributed by atoms with E-state index in [2.05, 4.69) is 350 Å². The van der Waals surface area contributed by atoms with E-state index in [1.165, 1.54) is 161 Å². The van der Waals surface area contributed by atoms with E-state index in [9.17, 15) is 9.59 Å². The van der Waals surface area contributed by atoms with Gasteiger partial charge in [0.05, 0.1) is 49.7 Å². The first-order valence-electron chi connectivity index (χ1n) is 45.4. The quantitative estimate of drug-likeness (QED) is 0.0336. The van der Waals surface area contributed by atoms with Gasteiger partial charge in [-0.15, -0.1) is 0 Å². The minimum Gasteiger partial charge on any atom is -0.482 e. The molecule has 8 nitrogen and oxygen atoms in total. The minimum absolute atomic E-state index is 0.0229. The van der Waals surface area contributed by atoms with Crippen LogP contribution in [-0.4, -0.2) is 49.3 Å². The third kappa shape index (κ3) is 19.6. The van der Waals surface area contributed by atoms with Gasteiger partial charge in [0.1, 0.15) is 28.5 Å². The molecule has 12 aliphatic carbocycles. The third-order valence-electron chi connectivity index (χ3n) is 28.4. The van der Waals surface area contributed by atoms with Crippen LogP contribution in [-0.2, 0) is 67.4 Å². The van der Waals surface area contributed by atoms with Gasteiger partial charge in [0.25, 0.3) is 0 Å². The van der Waals surface area contributed by atoms with Gasteiger partial charge in [-0.1, -0.05) is 163 Å². The van der Waals surface area contributed by atoms with Crippen molar-refractivity contribution in [1.82, 2.24) is 0 Å². The highest BCUT2D eigenvalue weighted by Gasteiger charge is 2.59. The molecule has 24 rings (SSSR count). The second-order valence-corrected chi connectivity index (χ2v) is 44.8. The number of benzene rings is 12. The van der Waals surface area contributed by atoms with Crippen LogP contribution >= 0.6 is 0 Å². The van der Waals surface area contributed by atoms with Crippen LogP contribution in [0.5, 0.6) is 17.2 Å². The first-order valence-corrected chi connectivity index (χ1v) is 50.3. The zero-order chi connectivity index (χ0) is 84.5. The van der Waals surface area contributed by atoms with E-state index in [0.29, 0.717) is 42.3 Å². The van der Waals surface area contributed by atoms with Crippen LogP contribution < -0.4 is 14.2 Å². The number of carbonyl (C=O) groups is 2. The molecule has 0 unspecified atom stereocenters. The molecule has 12 aliphatic rings. The van der Waals surface area contributed by atoms with Crippen LogP contribution in [0.4, 0.5) is 0 Å². The van der Waals surface area contributed by atoms with E-state index in [-0.39, 0.29) is 79.9 Å². The van der Waals surface area contributed by atoms with Gasteiger partial charge in [0, 0.05) is 12.1 Å². The highest BCUT2D eigenvalue weighted by Crippen LogP contribution is 2.62. The van der Waals surface area contributed by atoms with Crippen LogP contribution in [0.25, 0.3) is 0 Å². The van der Waals surface area contributed by atoms with Crippen LogP contribution in [0.15, 0.2) is 386 Å². The van der Waals surface area contributed by atoms with E-state index >= 15 is 0 Å². The Balaban J connectivity index is 0.000000115. The summed E-state index contributed by atoms with van der Waals surface area (Å²) >= 11 is 0. The fraction of sp³-hybridized carbons (Fsp3) is 0.339. The van der Waals surface area contributed by atoms with E-state index in [1.54, 1.807) is 0 Å². The average molecular weight is 1720 g/mol. The molecule has 12 aromatic rings. The van der Waals surface area contributed by atoms with E-state index in [0.717, 1.165) is 70.0 Å². The summed E-state index contributed by atoms with van der Waals surface area (Å²) in [5.74, 6) is 10.9. The Kier molecular flexibility index (Phi) is 26.8. The first kappa shape index (κ1) is 85.1. The maximum atomic E-state index is 13.0. The van der Waals surface area contributed by atoms with Crippen molar-refractivity contribution in [3.05, 3.63) is 344 Å². The molecular weight excluding hydrogens is 1600 g/mol. The molecule has 12 aromatic carbocycles. The molecule has 12 bridgehead atoms. The number of hydrogen-bond donors (Lipinski definition) is 0. The second kappa shape index (κ2) is 39.1. The van der Waals surface area contributed by atoms with Crippen LogP contribution in [0.3, 0.4) is 0 Å². The first-order chi connectivity index (χ1) is 60.7. The summed E-state index contributed by atoms with van der Waals surface area (Å²) in [6.45, 7) is 11.0. The molecule has 124 heavy (non-hydrogen) atoms. The largest absolute Gasteiger partial charge is 0.482 e. The van der Waals surface area contributed by atoms with Gasteiger partial charge in [-0.2, -0.15) is 0 Å². The van der Waals surface area contributed by atoms with Crippen molar-refractivity contribution in [2.24, 2.45) is 71.0 Å². The molecule has 0 radical (unpaired) electrons. The topological polar surface area (TPSA) is 89.5 Å². The highest BCUT2D eigenvalue weighted by molar-refractivity contribution is 7.98. The third-order valence-corrected chi connectivity index (χ3v) is 37.3. The number of rotatable bonds is 24. The second-order valence-electron chi connectivity index (χ2n) is 36.7. The Morgan fingerprint density at radius 2 is 0.524 bits per heavy atom. The van der Waals surface area contributed by atoms with Gasteiger partial charge < -0.3 is 28.4 Å². The lowest BCUT2D eigenvalue weighted by molar-refractivity contribution is -0.205. The van der Waals surface area contributed by atoms with Crippen molar-refractivity contribution in [2.45, 2.75) is 207 Å². The minimum atomic E-state index is -0.318. The maximum Gasteiger partial charge on any atom is 0.344 e. The van der Waals surface area contributed by atoms with Crippen molar-refractivity contribution >= 4 is 55.5 Å². The molecule has 0 heterocycles. The Morgan fingerprint density at radius 1 is 0.282 bits per heavy atom. The van der Waals surface area contributed by atoms with E-state index in [1.807, 2.05) is 12.1 Å². The summed E-state index contributed by atoms with van der Waals surface area (Å²) in [5.41, 5.74) is 2.78. The molecule has 0 aliphatic heterocycles. The fourth-order valence-electron chi connectivity index (χ4n) is 23.1. The number of ether oxygens (including phenoxy) is 6. The number of aryl methyl sites for hydroxylation is 3. The van der Waals surface area contributed by atoms with Gasteiger partial charge in [-0.3, -0.25) is 0 Å². The molecule has 12 heteroatoms. The van der Waals surface area contributed by atoms with Crippen LogP contribution in [0.2, 0.25) is 0 Å². The summed E-state index contributed by atoms with van der Waals surface area (Å²) < 4.78 is 36.8. The Hall–Kier alpha value is -9.66. The monoisotopic (exact) mass is 1720 g/mol. The van der Waals surface area contributed by atoms with E-state index < -0.39 is 0 Å². The highest BCUT2D eigenvalue weighted by atomic mass is 32.2. The molecule has 12 fully saturated rings. The van der Waals surface area contributed by atoms with E-state index in [4.69, 9.17) is 28.4 Å². The van der Waals surface area contributed by atoms with Gasteiger partial charge in [-0.25, -0.2) is 9.59 Å². The maximum absolute atomic E-state index is 13.0. The Bertz CT molecular complexity index is 5190. The summed E-state index contributed by atoms with van der Waals surface area (Å²) in [6, 6.07) is 116. The molecule has 0 atom stereocenters. The summed E-state index contributed by atoms with van der Waals surface area (Å²) in [5, 5.41) is 0. The number of hydrogen-bond acceptors (Lipinski definition) is 8. The summed E-state index contributed by atoms with van der Waals surface area (Å²) in [7, 11) is -0.556. The van der Waals surface area contributed by atoms with Gasteiger partial charge in [-0.05, 0) is 371 Å². The molecule has 0 aromatic heterocycles. The van der Waals surface area contributed by atoms with Crippen molar-refractivity contribution in [3.8, 4) is 17.2 Å². The zero-order valence-electron chi connectivity index (χ0n) is 72.3. The van der Waals surface area contributed by atoms with Crippen molar-refractivity contribution in [1.29, 1.82) is 0 Å². The Morgan fingerprint density at radius 3 is 0.815 bits per heavy atom. The molecule has 12 saturated carbocycles. The molecular formula is C112H118O8S4+4. The molecule has 634 valence electrons. The van der Waals surface area contributed by atoms with Crippen molar-refractivity contribution in [3.63, 3.8) is 0 Å². The van der Waals surface area contributed by atoms with Crippen LogP contribution in [0, 0.1) is 91.8 Å². The Labute approximate surface area is 747 Å². The summed E-state index contributed by atoms with van der Waals surface area (Å²) in [6.07, 6.45) is 20.0. The predicted octanol–water partition coefficient (Wildman–Crippen LogP) is 26.5. The SMILES string of the molecule is CC1(OC(=O)COc2ccc([S+](c3ccccc3)c3ccccc3)cc2)C2CC3CC(C2)CC1C3.Cc1cc([S+](c2ccccc2)c2ccccc2)cc(C)c1OCC(=O)OC1(C)C2CC3CC(C2)CC1C3.Cc1ccc([S+](c2ccccc2)c2ccccc2)cc1.c1ccc([S+](c2ccccc2)c2ccc(OCOC3C4CC5CC(C4)CC3C5)cc2)cc1. The molecule has 0 spiro atoms. The van der Waals surface area contributed by atoms with Crippen molar-refractivity contribution < 1.29 is 38.0 Å². The predicted molar refractivity (Wildman–Crippen MR) is 502 cm³/mol.